The fraction of sp³-hybridized carbons (Fsp3) is 0.0833. The van der Waals surface area contributed by atoms with E-state index in [4.69, 9.17) is 25.7 Å². The largest absolute Gasteiger partial charge is 0.497 e. The van der Waals surface area contributed by atoms with Crippen molar-refractivity contribution in [2.24, 2.45) is 4.99 Å². The monoisotopic (exact) mass is 432 g/mol. The van der Waals surface area contributed by atoms with Gasteiger partial charge in [0.1, 0.15) is 17.1 Å². The van der Waals surface area contributed by atoms with E-state index in [-0.39, 0.29) is 0 Å². The minimum atomic E-state index is 0.621. The summed E-state index contributed by atoms with van der Waals surface area (Å²) in [6, 6.07) is 21.4. The van der Waals surface area contributed by atoms with Gasteiger partial charge in [0.05, 0.1) is 27.7 Å². The van der Waals surface area contributed by atoms with Crippen LogP contribution in [0.1, 0.15) is 5.56 Å². The second-order valence-electron chi connectivity index (χ2n) is 6.92. The lowest BCUT2D eigenvalue weighted by molar-refractivity contribution is 0.415. The molecular weight excluding hydrogens is 416 g/mol. The Morgan fingerprint density at radius 3 is 2.73 bits per heavy atom. The van der Waals surface area contributed by atoms with Crippen molar-refractivity contribution in [1.29, 1.82) is 0 Å². The SMILES string of the molecule is COc1ccc2oc(-c3ccccc3Cl)c/c(=N\c3nc4ccc(C)cc4s3)c2c1. The summed E-state index contributed by atoms with van der Waals surface area (Å²) in [5.41, 5.74) is 3.66. The number of aryl methyl sites for hydroxylation is 1. The van der Waals surface area contributed by atoms with E-state index in [1.165, 1.54) is 5.56 Å². The predicted octanol–water partition coefficient (Wildman–Crippen LogP) is 6.91. The van der Waals surface area contributed by atoms with Crippen LogP contribution in [0.15, 0.2) is 76.1 Å². The summed E-state index contributed by atoms with van der Waals surface area (Å²) >= 11 is 7.98. The maximum atomic E-state index is 6.42. The van der Waals surface area contributed by atoms with Gasteiger partial charge in [-0.1, -0.05) is 41.1 Å². The minimum absolute atomic E-state index is 0.621. The van der Waals surface area contributed by atoms with Crippen molar-refractivity contribution in [3.05, 3.63) is 82.7 Å². The molecule has 5 aromatic rings. The van der Waals surface area contributed by atoms with Gasteiger partial charge in [0.25, 0.3) is 0 Å². The lowest BCUT2D eigenvalue weighted by Gasteiger charge is -2.07. The molecule has 2 heterocycles. The zero-order chi connectivity index (χ0) is 20.7. The van der Waals surface area contributed by atoms with Crippen LogP contribution in [-0.4, -0.2) is 12.1 Å². The van der Waals surface area contributed by atoms with Crippen LogP contribution in [0.4, 0.5) is 5.13 Å². The molecule has 6 heteroatoms. The molecule has 5 rings (SSSR count). The second kappa shape index (κ2) is 7.59. The average Bonchev–Trinajstić information content (AvgIpc) is 3.15. The molecule has 148 valence electrons. The van der Waals surface area contributed by atoms with E-state index >= 15 is 0 Å². The summed E-state index contributed by atoms with van der Waals surface area (Å²) in [5.74, 6) is 1.38. The highest BCUT2D eigenvalue weighted by Crippen LogP contribution is 2.31. The zero-order valence-electron chi connectivity index (χ0n) is 16.3. The Hall–Kier alpha value is -3.15. The van der Waals surface area contributed by atoms with Crippen LogP contribution >= 0.6 is 22.9 Å². The molecule has 0 amide bonds. The Morgan fingerprint density at radius 1 is 1.03 bits per heavy atom. The number of nitrogens with zero attached hydrogens (tertiary/aromatic N) is 2. The van der Waals surface area contributed by atoms with E-state index in [0.29, 0.717) is 21.5 Å². The van der Waals surface area contributed by atoms with Crippen LogP contribution in [0, 0.1) is 6.92 Å². The van der Waals surface area contributed by atoms with Crippen molar-refractivity contribution in [2.45, 2.75) is 6.92 Å². The third-order valence-corrected chi connectivity index (χ3v) is 6.08. The molecule has 3 aromatic carbocycles. The number of benzene rings is 3. The molecule has 2 aromatic heterocycles. The number of hydrogen-bond acceptors (Lipinski definition) is 5. The predicted molar refractivity (Wildman–Crippen MR) is 123 cm³/mol. The average molecular weight is 433 g/mol. The molecule has 0 aliphatic rings. The maximum absolute atomic E-state index is 6.42. The van der Waals surface area contributed by atoms with Crippen LogP contribution in [0.5, 0.6) is 5.75 Å². The van der Waals surface area contributed by atoms with E-state index in [2.05, 4.69) is 24.0 Å². The highest BCUT2D eigenvalue weighted by atomic mass is 35.5. The van der Waals surface area contributed by atoms with E-state index in [9.17, 15) is 0 Å². The van der Waals surface area contributed by atoms with Crippen molar-refractivity contribution in [2.75, 3.05) is 7.11 Å². The summed E-state index contributed by atoms with van der Waals surface area (Å²) in [6.07, 6.45) is 0. The first-order valence-electron chi connectivity index (χ1n) is 9.39. The Kier molecular flexibility index (Phi) is 4.77. The number of thiazole rings is 1. The molecule has 0 aliphatic carbocycles. The van der Waals surface area contributed by atoms with Crippen molar-refractivity contribution in [1.82, 2.24) is 4.98 Å². The molecule has 0 unspecified atom stereocenters. The van der Waals surface area contributed by atoms with Crippen LogP contribution in [0.2, 0.25) is 5.02 Å². The molecule has 30 heavy (non-hydrogen) atoms. The third-order valence-electron chi connectivity index (χ3n) is 4.84. The van der Waals surface area contributed by atoms with Gasteiger partial charge in [-0.3, -0.25) is 0 Å². The fourth-order valence-electron chi connectivity index (χ4n) is 3.33. The van der Waals surface area contributed by atoms with E-state index < -0.39 is 0 Å². The molecule has 0 radical (unpaired) electrons. The molecule has 0 spiro atoms. The number of methoxy groups -OCH3 is 1. The topological polar surface area (TPSA) is 47.6 Å². The first-order valence-corrected chi connectivity index (χ1v) is 10.6. The van der Waals surface area contributed by atoms with Crippen molar-refractivity contribution in [3.63, 3.8) is 0 Å². The van der Waals surface area contributed by atoms with Crippen molar-refractivity contribution in [3.8, 4) is 17.1 Å². The molecule has 0 N–H and O–H groups in total. The normalized spacial score (nSPS) is 12.0. The van der Waals surface area contributed by atoms with E-state index in [0.717, 1.165) is 32.3 Å². The molecule has 0 saturated carbocycles. The van der Waals surface area contributed by atoms with Crippen LogP contribution < -0.4 is 10.1 Å². The van der Waals surface area contributed by atoms with Gasteiger partial charge in [0, 0.05) is 17.0 Å². The van der Waals surface area contributed by atoms with Crippen molar-refractivity contribution >= 4 is 49.3 Å². The summed E-state index contributed by atoms with van der Waals surface area (Å²) in [5, 5.41) is 2.91. The zero-order valence-corrected chi connectivity index (χ0v) is 17.9. The number of hydrogen-bond donors (Lipinski definition) is 0. The Bertz CT molecular complexity index is 1470. The van der Waals surface area contributed by atoms with E-state index in [1.54, 1.807) is 18.4 Å². The maximum Gasteiger partial charge on any atom is 0.210 e. The van der Waals surface area contributed by atoms with Crippen molar-refractivity contribution < 1.29 is 9.15 Å². The molecular formula is C24H17ClN2O2S. The molecule has 0 fully saturated rings. The highest BCUT2D eigenvalue weighted by molar-refractivity contribution is 7.21. The molecule has 0 bridgehead atoms. The third kappa shape index (κ3) is 3.47. The van der Waals surface area contributed by atoms with Gasteiger partial charge >= 0.3 is 0 Å². The van der Waals surface area contributed by atoms with Gasteiger partial charge in [-0.05, 0) is 55.0 Å². The summed E-state index contributed by atoms with van der Waals surface area (Å²) in [6.45, 7) is 2.07. The Balaban J connectivity index is 1.79. The Labute approximate surface area is 182 Å². The molecule has 0 aliphatic heterocycles. The molecule has 4 nitrogen and oxygen atoms in total. The van der Waals surface area contributed by atoms with Crippen LogP contribution in [0.3, 0.4) is 0 Å². The first-order chi connectivity index (χ1) is 14.6. The molecule has 0 saturated heterocycles. The number of ether oxygens (including phenoxy) is 1. The van der Waals surface area contributed by atoms with Gasteiger partial charge in [-0.25, -0.2) is 9.98 Å². The van der Waals surface area contributed by atoms with Crippen LogP contribution in [-0.2, 0) is 0 Å². The summed E-state index contributed by atoms with van der Waals surface area (Å²) in [7, 11) is 1.64. The van der Waals surface area contributed by atoms with Gasteiger partial charge in [0.15, 0.2) is 0 Å². The number of aromatic nitrogens is 1. The minimum Gasteiger partial charge on any atom is -0.497 e. The Morgan fingerprint density at radius 2 is 1.90 bits per heavy atom. The number of halogens is 1. The molecule has 0 atom stereocenters. The second-order valence-corrected chi connectivity index (χ2v) is 8.33. The van der Waals surface area contributed by atoms with Gasteiger partial charge in [-0.15, -0.1) is 0 Å². The summed E-state index contributed by atoms with van der Waals surface area (Å²) in [4.78, 5) is 9.56. The lowest BCUT2D eigenvalue weighted by atomic mass is 10.1. The van der Waals surface area contributed by atoms with Gasteiger partial charge in [-0.2, -0.15) is 0 Å². The first kappa shape index (κ1) is 18.9. The lowest BCUT2D eigenvalue weighted by Crippen LogP contribution is -2.03. The fourth-order valence-corrected chi connectivity index (χ4v) is 4.51. The smallest absolute Gasteiger partial charge is 0.210 e. The number of rotatable bonds is 3. The quantitative estimate of drug-likeness (QED) is 0.311. The summed E-state index contributed by atoms with van der Waals surface area (Å²) < 4.78 is 12.7. The van der Waals surface area contributed by atoms with E-state index in [1.807, 2.05) is 54.6 Å². The van der Waals surface area contributed by atoms with Gasteiger partial charge in [0.2, 0.25) is 5.13 Å². The highest BCUT2D eigenvalue weighted by Gasteiger charge is 2.11. The number of fused-ring (bicyclic) bond motifs is 2. The standard InChI is InChI=1S/C24H17ClN2O2S/c1-14-7-9-19-23(11-14)30-24(26-19)27-20-13-22(16-5-3-4-6-18(16)25)29-21-10-8-15(28-2)12-17(20)21/h3-13H,1-2H3/b27-20+. The van der Waals surface area contributed by atoms with Gasteiger partial charge < -0.3 is 9.15 Å². The van der Waals surface area contributed by atoms with Crippen LogP contribution in [0.25, 0.3) is 32.5 Å².